The normalized spacial score (nSPS) is 17.9. The van der Waals surface area contributed by atoms with Crippen molar-refractivity contribution < 1.29 is 0 Å². The van der Waals surface area contributed by atoms with Gasteiger partial charge in [0.05, 0.1) is 22.1 Å². The molecule has 4 nitrogen and oxygen atoms in total. The molecule has 0 bridgehead atoms. The Morgan fingerprint density at radius 2 is 1.07 bits per heavy atom. The number of H-pyrrole nitrogens is 2. The molecule has 1 aliphatic carbocycles. The molecule has 2 unspecified atom stereocenters. The third-order valence-electron chi connectivity index (χ3n) is 5.47. The standard InChI is InChI=1S/C22H22N4.2C2H6/c1-13-23-19-9-7-17(11-21(19)25-13)15-3-5-16(6-4-15)18-8-10-20-22(12-18)26-14(2)24-20;2*1-2/h3,5,7-12,15-16H,4,6H2,1-2H3,(H,23,25)(H,24,26);2*1-2H3. The summed E-state index contributed by atoms with van der Waals surface area (Å²) in [5.74, 6) is 2.91. The first-order chi connectivity index (χ1) is 14.7. The van der Waals surface area contributed by atoms with Crippen LogP contribution in [0.4, 0.5) is 0 Å². The van der Waals surface area contributed by atoms with Crippen molar-refractivity contribution in [2.45, 2.75) is 66.2 Å². The zero-order valence-electron chi connectivity index (χ0n) is 19.1. The number of nitrogens with zero attached hydrogens (tertiary/aromatic N) is 2. The molecule has 1 aliphatic rings. The van der Waals surface area contributed by atoms with Crippen molar-refractivity contribution >= 4 is 22.1 Å². The molecule has 4 aromatic rings. The van der Waals surface area contributed by atoms with Gasteiger partial charge in [0, 0.05) is 11.8 Å². The fraction of sp³-hybridized carbons (Fsp3) is 0.385. The Bertz CT molecular complexity index is 1040. The highest BCUT2D eigenvalue weighted by Crippen LogP contribution is 2.36. The molecule has 2 aromatic carbocycles. The van der Waals surface area contributed by atoms with Crippen LogP contribution in [0.3, 0.4) is 0 Å². The molecule has 0 fully saturated rings. The number of allylic oxidation sites excluding steroid dienone is 2. The Morgan fingerprint density at radius 3 is 1.43 bits per heavy atom. The molecule has 2 N–H and O–H groups in total. The van der Waals surface area contributed by atoms with Crippen LogP contribution in [0.25, 0.3) is 22.1 Å². The van der Waals surface area contributed by atoms with Gasteiger partial charge in [0.1, 0.15) is 11.6 Å². The van der Waals surface area contributed by atoms with Crippen LogP contribution in [0.5, 0.6) is 0 Å². The molecule has 158 valence electrons. The summed E-state index contributed by atoms with van der Waals surface area (Å²) in [5, 5.41) is 0. The van der Waals surface area contributed by atoms with Crippen LogP contribution in [0.2, 0.25) is 0 Å². The summed E-state index contributed by atoms with van der Waals surface area (Å²) in [7, 11) is 0. The number of fused-ring (bicyclic) bond motifs is 2. The summed E-state index contributed by atoms with van der Waals surface area (Å²) in [6.45, 7) is 12.0. The molecule has 2 heterocycles. The average molecular weight is 403 g/mol. The Balaban J connectivity index is 0.000000606. The summed E-state index contributed by atoms with van der Waals surface area (Å²) in [6.07, 6.45) is 7.08. The predicted molar refractivity (Wildman–Crippen MR) is 128 cm³/mol. The number of benzene rings is 2. The Labute approximate surface area is 179 Å². The van der Waals surface area contributed by atoms with E-state index in [1.165, 1.54) is 24.0 Å². The topological polar surface area (TPSA) is 57.4 Å². The van der Waals surface area contributed by atoms with Gasteiger partial charge in [-0.05, 0) is 62.1 Å². The van der Waals surface area contributed by atoms with E-state index in [1.807, 2.05) is 41.5 Å². The Morgan fingerprint density at radius 1 is 0.667 bits per heavy atom. The van der Waals surface area contributed by atoms with Crippen molar-refractivity contribution in [3.63, 3.8) is 0 Å². The van der Waals surface area contributed by atoms with Crippen molar-refractivity contribution in [3.8, 4) is 0 Å². The second-order valence-corrected chi connectivity index (χ2v) is 7.37. The Hall–Kier alpha value is -2.88. The first-order valence-corrected chi connectivity index (χ1v) is 11.3. The maximum atomic E-state index is 4.50. The zero-order chi connectivity index (χ0) is 21.7. The minimum atomic E-state index is 0.484. The first kappa shape index (κ1) is 21.8. The van der Waals surface area contributed by atoms with Crippen LogP contribution >= 0.6 is 0 Å². The molecule has 2 aromatic heterocycles. The molecule has 0 spiro atoms. The van der Waals surface area contributed by atoms with E-state index < -0.39 is 0 Å². The lowest BCUT2D eigenvalue weighted by molar-refractivity contribution is 0.601. The van der Waals surface area contributed by atoms with Gasteiger partial charge in [-0.25, -0.2) is 9.97 Å². The number of hydrogen-bond donors (Lipinski definition) is 2. The van der Waals surface area contributed by atoms with Gasteiger partial charge in [-0.2, -0.15) is 0 Å². The molecule has 4 heteroatoms. The first-order valence-electron chi connectivity index (χ1n) is 11.3. The van der Waals surface area contributed by atoms with E-state index in [0.717, 1.165) is 33.7 Å². The SMILES string of the molecule is CC.CC.Cc1nc2ccc(C3C=CC(c4ccc5nc(C)[nH]c5c4)CC3)cc2[nH]1. The van der Waals surface area contributed by atoms with Crippen LogP contribution in [-0.2, 0) is 0 Å². The van der Waals surface area contributed by atoms with Crippen LogP contribution < -0.4 is 0 Å². The molecule has 0 aliphatic heterocycles. The van der Waals surface area contributed by atoms with Crippen LogP contribution in [0, 0.1) is 13.8 Å². The fourth-order valence-corrected chi connectivity index (χ4v) is 4.15. The second-order valence-electron chi connectivity index (χ2n) is 7.37. The number of nitrogens with one attached hydrogen (secondary N) is 2. The van der Waals surface area contributed by atoms with E-state index in [1.54, 1.807) is 0 Å². The Kier molecular flexibility index (Phi) is 7.09. The van der Waals surface area contributed by atoms with E-state index >= 15 is 0 Å². The van der Waals surface area contributed by atoms with Gasteiger partial charge in [0.25, 0.3) is 0 Å². The number of hydrogen-bond acceptors (Lipinski definition) is 2. The highest BCUT2D eigenvalue weighted by atomic mass is 14.9. The highest BCUT2D eigenvalue weighted by Gasteiger charge is 2.19. The lowest BCUT2D eigenvalue weighted by Crippen LogP contribution is -2.06. The lowest BCUT2D eigenvalue weighted by atomic mass is 9.81. The van der Waals surface area contributed by atoms with E-state index in [4.69, 9.17) is 0 Å². The lowest BCUT2D eigenvalue weighted by Gasteiger charge is -2.23. The summed E-state index contributed by atoms with van der Waals surface area (Å²) < 4.78 is 0. The summed E-state index contributed by atoms with van der Waals surface area (Å²) >= 11 is 0. The molecule has 0 amide bonds. The predicted octanol–water partition coefficient (Wildman–Crippen LogP) is 7.33. The molecular weight excluding hydrogens is 368 g/mol. The largest absolute Gasteiger partial charge is 0.342 e. The van der Waals surface area contributed by atoms with Gasteiger partial charge in [-0.15, -0.1) is 0 Å². The van der Waals surface area contributed by atoms with Crippen molar-refractivity contribution in [2.75, 3.05) is 0 Å². The summed E-state index contributed by atoms with van der Waals surface area (Å²) in [4.78, 5) is 15.7. The number of aryl methyl sites for hydroxylation is 2. The molecule has 2 atom stereocenters. The average Bonchev–Trinajstić information content (AvgIpc) is 3.35. The number of aromatic amines is 2. The quantitative estimate of drug-likeness (QED) is 0.345. The minimum absolute atomic E-state index is 0.484. The molecule has 5 rings (SSSR count). The zero-order valence-corrected chi connectivity index (χ0v) is 19.1. The number of imidazole rings is 2. The number of aromatic nitrogens is 4. The van der Waals surface area contributed by atoms with Gasteiger partial charge >= 0.3 is 0 Å². The second kappa shape index (κ2) is 9.75. The maximum absolute atomic E-state index is 4.50. The van der Waals surface area contributed by atoms with Crippen molar-refractivity contribution in [2.24, 2.45) is 0 Å². The fourth-order valence-electron chi connectivity index (χ4n) is 4.15. The van der Waals surface area contributed by atoms with E-state index in [9.17, 15) is 0 Å². The van der Waals surface area contributed by atoms with Crippen LogP contribution in [0.1, 0.15) is 75.1 Å². The van der Waals surface area contributed by atoms with Gasteiger partial charge in [-0.1, -0.05) is 52.0 Å². The van der Waals surface area contributed by atoms with Crippen molar-refractivity contribution in [3.05, 3.63) is 71.3 Å². The van der Waals surface area contributed by atoms with E-state index in [-0.39, 0.29) is 0 Å². The van der Waals surface area contributed by atoms with Crippen molar-refractivity contribution in [1.29, 1.82) is 0 Å². The molecule has 0 saturated carbocycles. The van der Waals surface area contributed by atoms with Gasteiger partial charge < -0.3 is 9.97 Å². The maximum Gasteiger partial charge on any atom is 0.104 e. The minimum Gasteiger partial charge on any atom is -0.342 e. The smallest absolute Gasteiger partial charge is 0.104 e. The summed E-state index contributed by atoms with van der Waals surface area (Å²) in [6, 6.07) is 13.2. The van der Waals surface area contributed by atoms with Gasteiger partial charge in [-0.3, -0.25) is 0 Å². The molecule has 0 radical (unpaired) electrons. The van der Waals surface area contributed by atoms with Crippen LogP contribution in [0.15, 0.2) is 48.6 Å². The highest BCUT2D eigenvalue weighted by molar-refractivity contribution is 5.77. The molecule has 30 heavy (non-hydrogen) atoms. The van der Waals surface area contributed by atoms with E-state index in [2.05, 4.69) is 68.5 Å². The third-order valence-corrected chi connectivity index (χ3v) is 5.47. The molecule has 0 saturated heterocycles. The molecular formula is C26H34N4. The third kappa shape index (κ3) is 4.48. The summed E-state index contributed by atoms with van der Waals surface area (Å²) in [5.41, 5.74) is 7.11. The van der Waals surface area contributed by atoms with Gasteiger partial charge in [0.15, 0.2) is 0 Å². The number of rotatable bonds is 2. The van der Waals surface area contributed by atoms with E-state index in [0.29, 0.717) is 11.8 Å². The monoisotopic (exact) mass is 402 g/mol. The van der Waals surface area contributed by atoms with Crippen molar-refractivity contribution in [1.82, 2.24) is 19.9 Å². The van der Waals surface area contributed by atoms with Crippen LogP contribution in [-0.4, -0.2) is 19.9 Å². The van der Waals surface area contributed by atoms with Gasteiger partial charge in [0.2, 0.25) is 0 Å².